The molecule has 6 nitrogen and oxygen atoms in total. The summed E-state index contributed by atoms with van der Waals surface area (Å²) in [5.41, 5.74) is 1.50. The standard InChI is InChI=1S/C19H19N3O3S2/c1-27(24,25)15-7-8-16-17(13-15)26-19(20-16)22-11-9-21(10-12-22)18(23)14-5-3-2-4-6-14/h2-8,13H,9-12H2,1H3. The van der Waals surface area contributed by atoms with Crippen LogP contribution in [0.5, 0.6) is 0 Å². The number of anilines is 1. The van der Waals surface area contributed by atoms with Crippen molar-refractivity contribution < 1.29 is 13.2 Å². The fourth-order valence-electron chi connectivity index (χ4n) is 3.12. The second-order valence-corrected chi connectivity index (χ2v) is 9.57. The van der Waals surface area contributed by atoms with Crippen LogP contribution in [-0.2, 0) is 9.84 Å². The Balaban J connectivity index is 1.49. The van der Waals surface area contributed by atoms with Crippen LogP contribution in [0.2, 0.25) is 0 Å². The quantitative estimate of drug-likeness (QED) is 0.675. The van der Waals surface area contributed by atoms with Gasteiger partial charge in [0, 0.05) is 38.0 Å². The van der Waals surface area contributed by atoms with E-state index in [9.17, 15) is 13.2 Å². The van der Waals surface area contributed by atoms with Gasteiger partial charge in [-0.2, -0.15) is 0 Å². The summed E-state index contributed by atoms with van der Waals surface area (Å²) in [6.45, 7) is 2.69. The molecule has 0 unspecified atom stereocenters. The first-order chi connectivity index (χ1) is 12.9. The molecule has 4 rings (SSSR count). The van der Waals surface area contributed by atoms with Gasteiger partial charge in [0.05, 0.1) is 15.1 Å². The van der Waals surface area contributed by atoms with E-state index in [0.29, 0.717) is 36.6 Å². The summed E-state index contributed by atoms with van der Waals surface area (Å²) < 4.78 is 24.3. The van der Waals surface area contributed by atoms with E-state index in [1.807, 2.05) is 35.2 Å². The molecular formula is C19H19N3O3S2. The molecule has 0 aliphatic carbocycles. The Bertz CT molecular complexity index is 1090. The lowest BCUT2D eigenvalue weighted by atomic mass is 10.2. The van der Waals surface area contributed by atoms with E-state index in [1.165, 1.54) is 17.6 Å². The van der Waals surface area contributed by atoms with Crippen molar-refractivity contribution in [2.24, 2.45) is 0 Å². The summed E-state index contributed by atoms with van der Waals surface area (Å²) in [4.78, 5) is 21.5. The molecule has 1 aromatic heterocycles. The van der Waals surface area contributed by atoms with Crippen LogP contribution in [0.1, 0.15) is 10.4 Å². The maximum Gasteiger partial charge on any atom is 0.253 e. The molecule has 0 N–H and O–H groups in total. The summed E-state index contributed by atoms with van der Waals surface area (Å²) in [6.07, 6.45) is 1.21. The van der Waals surface area contributed by atoms with E-state index in [0.717, 1.165) is 15.3 Å². The predicted molar refractivity (Wildman–Crippen MR) is 107 cm³/mol. The summed E-state index contributed by atoms with van der Waals surface area (Å²) in [5.74, 6) is 0.0531. The highest BCUT2D eigenvalue weighted by molar-refractivity contribution is 7.90. The van der Waals surface area contributed by atoms with Crippen molar-refractivity contribution in [3.63, 3.8) is 0 Å². The first-order valence-electron chi connectivity index (χ1n) is 8.62. The van der Waals surface area contributed by atoms with Gasteiger partial charge in [-0.3, -0.25) is 4.79 Å². The van der Waals surface area contributed by atoms with Crippen LogP contribution < -0.4 is 4.90 Å². The van der Waals surface area contributed by atoms with Crippen molar-refractivity contribution >= 4 is 42.4 Å². The second-order valence-electron chi connectivity index (χ2n) is 6.54. The molecule has 1 aliphatic rings. The van der Waals surface area contributed by atoms with Crippen molar-refractivity contribution in [1.29, 1.82) is 0 Å². The molecule has 0 radical (unpaired) electrons. The van der Waals surface area contributed by atoms with Crippen LogP contribution in [0.3, 0.4) is 0 Å². The molecule has 0 saturated carbocycles. The number of carbonyl (C=O) groups is 1. The van der Waals surface area contributed by atoms with Crippen LogP contribution in [0.15, 0.2) is 53.4 Å². The number of rotatable bonds is 3. The van der Waals surface area contributed by atoms with Gasteiger partial charge in [-0.25, -0.2) is 13.4 Å². The van der Waals surface area contributed by atoms with E-state index < -0.39 is 9.84 Å². The van der Waals surface area contributed by atoms with Crippen molar-refractivity contribution in [2.75, 3.05) is 37.3 Å². The number of hydrogen-bond donors (Lipinski definition) is 0. The minimum atomic E-state index is -3.23. The Kier molecular flexibility index (Phi) is 4.61. The SMILES string of the molecule is CS(=O)(=O)c1ccc2nc(N3CCN(C(=O)c4ccccc4)CC3)sc2c1. The molecule has 0 atom stereocenters. The number of fused-ring (bicyclic) bond motifs is 1. The largest absolute Gasteiger partial charge is 0.345 e. The molecule has 27 heavy (non-hydrogen) atoms. The minimum absolute atomic E-state index is 0.0531. The van der Waals surface area contributed by atoms with Crippen LogP contribution in [0.4, 0.5) is 5.13 Å². The number of benzene rings is 2. The Morgan fingerprint density at radius 2 is 1.74 bits per heavy atom. The van der Waals surface area contributed by atoms with E-state index in [4.69, 9.17) is 0 Å². The lowest BCUT2D eigenvalue weighted by Gasteiger charge is -2.34. The van der Waals surface area contributed by atoms with Crippen molar-refractivity contribution in [1.82, 2.24) is 9.88 Å². The van der Waals surface area contributed by atoms with Crippen LogP contribution in [-0.4, -0.2) is 56.6 Å². The first-order valence-corrected chi connectivity index (χ1v) is 11.3. The number of piperazine rings is 1. The molecule has 8 heteroatoms. The first kappa shape index (κ1) is 17.9. The lowest BCUT2D eigenvalue weighted by molar-refractivity contribution is 0.0747. The number of thiazole rings is 1. The molecule has 0 spiro atoms. The van der Waals surface area contributed by atoms with Gasteiger partial charge in [0.25, 0.3) is 5.91 Å². The molecule has 0 bridgehead atoms. The third-order valence-electron chi connectivity index (χ3n) is 4.63. The monoisotopic (exact) mass is 401 g/mol. The van der Waals surface area contributed by atoms with E-state index in [-0.39, 0.29) is 5.91 Å². The van der Waals surface area contributed by atoms with Gasteiger partial charge in [0.2, 0.25) is 0 Å². The number of nitrogens with zero attached hydrogens (tertiary/aromatic N) is 3. The maximum atomic E-state index is 12.6. The van der Waals surface area contributed by atoms with Gasteiger partial charge in [-0.05, 0) is 30.3 Å². The third kappa shape index (κ3) is 3.68. The normalized spacial score (nSPS) is 15.3. The molecule has 2 aromatic carbocycles. The molecule has 140 valence electrons. The number of carbonyl (C=O) groups excluding carboxylic acids is 1. The molecule has 1 amide bonds. The minimum Gasteiger partial charge on any atom is -0.345 e. The van der Waals surface area contributed by atoms with Gasteiger partial charge in [0.15, 0.2) is 15.0 Å². The van der Waals surface area contributed by atoms with Crippen LogP contribution >= 0.6 is 11.3 Å². The van der Waals surface area contributed by atoms with Gasteiger partial charge in [-0.15, -0.1) is 0 Å². The van der Waals surface area contributed by atoms with E-state index in [1.54, 1.807) is 18.2 Å². The molecule has 1 aliphatic heterocycles. The molecule has 1 saturated heterocycles. The Morgan fingerprint density at radius 1 is 1.04 bits per heavy atom. The van der Waals surface area contributed by atoms with Gasteiger partial charge >= 0.3 is 0 Å². The average Bonchev–Trinajstić information content (AvgIpc) is 3.11. The predicted octanol–water partition coefficient (Wildman–Crippen LogP) is 2.66. The summed E-state index contributed by atoms with van der Waals surface area (Å²) >= 11 is 1.49. The highest BCUT2D eigenvalue weighted by atomic mass is 32.2. The lowest BCUT2D eigenvalue weighted by Crippen LogP contribution is -2.48. The van der Waals surface area contributed by atoms with Crippen LogP contribution in [0, 0.1) is 0 Å². The summed E-state index contributed by atoms with van der Waals surface area (Å²) in [7, 11) is -3.23. The molecule has 3 aromatic rings. The number of amides is 1. The smallest absolute Gasteiger partial charge is 0.253 e. The Labute approximate surface area is 162 Å². The van der Waals surface area contributed by atoms with Crippen molar-refractivity contribution in [3.8, 4) is 0 Å². The maximum absolute atomic E-state index is 12.6. The fourth-order valence-corrected chi connectivity index (χ4v) is 4.90. The van der Waals surface area contributed by atoms with Gasteiger partial charge < -0.3 is 9.80 Å². The average molecular weight is 402 g/mol. The zero-order valence-electron chi connectivity index (χ0n) is 14.8. The van der Waals surface area contributed by atoms with Crippen molar-refractivity contribution in [2.45, 2.75) is 4.90 Å². The number of aromatic nitrogens is 1. The number of hydrogen-bond acceptors (Lipinski definition) is 6. The molecular weight excluding hydrogens is 382 g/mol. The zero-order valence-corrected chi connectivity index (χ0v) is 16.5. The molecule has 2 heterocycles. The van der Waals surface area contributed by atoms with Crippen LogP contribution in [0.25, 0.3) is 10.2 Å². The highest BCUT2D eigenvalue weighted by Gasteiger charge is 2.24. The third-order valence-corrected chi connectivity index (χ3v) is 6.82. The van der Waals surface area contributed by atoms with Crippen molar-refractivity contribution in [3.05, 3.63) is 54.1 Å². The zero-order chi connectivity index (χ0) is 19.0. The van der Waals surface area contributed by atoms with E-state index >= 15 is 0 Å². The summed E-state index contributed by atoms with van der Waals surface area (Å²) in [6, 6.07) is 14.3. The second kappa shape index (κ2) is 6.94. The van der Waals surface area contributed by atoms with Gasteiger partial charge in [0.1, 0.15) is 0 Å². The fraction of sp³-hybridized carbons (Fsp3) is 0.263. The van der Waals surface area contributed by atoms with E-state index in [2.05, 4.69) is 9.88 Å². The Hall–Kier alpha value is -2.45. The highest BCUT2D eigenvalue weighted by Crippen LogP contribution is 2.31. The number of sulfone groups is 1. The Morgan fingerprint density at radius 3 is 2.41 bits per heavy atom. The van der Waals surface area contributed by atoms with Gasteiger partial charge in [-0.1, -0.05) is 29.5 Å². The summed E-state index contributed by atoms with van der Waals surface area (Å²) in [5, 5.41) is 0.863. The topological polar surface area (TPSA) is 70.6 Å². The molecule has 1 fully saturated rings.